The van der Waals surface area contributed by atoms with E-state index in [9.17, 15) is 4.79 Å². The second-order valence-corrected chi connectivity index (χ2v) is 8.82. The summed E-state index contributed by atoms with van der Waals surface area (Å²) in [4.78, 5) is 14.4. The molecule has 154 valence electrons. The summed E-state index contributed by atoms with van der Waals surface area (Å²) in [5, 5.41) is 2.95. The van der Waals surface area contributed by atoms with Crippen LogP contribution in [0.1, 0.15) is 50.7 Å². The van der Waals surface area contributed by atoms with Crippen LogP contribution in [0.2, 0.25) is 0 Å². The van der Waals surface area contributed by atoms with Gasteiger partial charge in [-0.3, -0.25) is 0 Å². The van der Waals surface area contributed by atoms with Crippen molar-refractivity contribution in [2.24, 2.45) is 0 Å². The highest BCUT2D eigenvalue weighted by molar-refractivity contribution is 5.71. The Kier molecular flexibility index (Phi) is 5.39. The predicted molar refractivity (Wildman–Crippen MR) is 115 cm³/mol. The van der Waals surface area contributed by atoms with Crippen LogP contribution in [0.4, 0.5) is 16.2 Å². The molecule has 2 aliphatic rings. The standard InChI is InChI=1S/C24H30N2O3/c1-24(2,3)29-23(27)25-16-18-8-6-7-17-15-19(11-12-20(17)18)26-13-14-28-22-10-5-4-9-21(22)26/h4-5,9-12,15,18H,6-8,13-14,16H2,1-3H3,(H,25,27)/t18-/m0/s1. The average molecular weight is 395 g/mol. The summed E-state index contributed by atoms with van der Waals surface area (Å²) in [5.41, 5.74) is 4.59. The highest BCUT2D eigenvalue weighted by Gasteiger charge is 2.25. The van der Waals surface area contributed by atoms with Gasteiger partial charge in [0.2, 0.25) is 0 Å². The van der Waals surface area contributed by atoms with E-state index in [4.69, 9.17) is 9.47 Å². The Morgan fingerprint density at radius 1 is 1.24 bits per heavy atom. The Morgan fingerprint density at radius 3 is 2.90 bits per heavy atom. The van der Waals surface area contributed by atoms with E-state index in [0.29, 0.717) is 19.1 Å². The average Bonchev–Trinajstić information content (AvgIpc) is 2.70. The van der Waals surface area contributed by atoms with Crippen LogP contribution in [0, 0.1) is 0 Å². The number of para-hydroxylation sites is 2. The van der Waals surface area contributed by atoms with Gasteiger partial charge in [-0.05, 0) is 75.4 Å². The van der Waals surface area contributed by atoms with Crippen LogP contribution in [-0.2, 0) is 11.2 Å². The van der Waals surface area contributed by atoms with Crippen LogP contribution < -0.4 is 15.0 Å². The Balaban J connectivity index is 1.50. The van der Waals surface area contributed by atoms with Crippen LogP contribution in [0.25, 0.3) is 0 Å². The zero-order chi connectivity index (χ0) is 20.4. The Hall–Kier alpha value is -2.69. The molecular formula is C24H30N2O3. The highest BCUT2D eigenvalue weighted by Crippen LogP contribution is 2.39. The minimum Gasteiger partial charge on any atom is -0.490 e. The maximum atomic E-state index is 12.0. The molecule has 0 aromatic heterocycles. The second kappa shape index (κ2) is 7.97. The molecular weight excluding hydrogens is 364 g/mol. The van der Waals surface area contributed by atoms with E-state index >= 15 is 0 Å². The number of alkyl carbamates (subject to hydrolysis) is 1. The SMILES string of the molecule is CC(C)(C)OC(=O)NC[C@@H]1CCCc2cc(N3CCOc4ccccc43)ccc21. The summed E-state index contributed by atoms with van der Waals surface area (Å²) in [6.45, 7) is 7.80. The summed E-state index contributed by atoms with van der Waals surface area (Å²) in [6, 6.07) is 15.0. The van der Waals surface area contributed by atoms with Crippen molar-refractivity contribution in [3.05, 3.63) is 53.6 Å². The fourth-order valence-electron chi connectivity index (χ4n) is 4.24. The molecule has 0 saturated heterocycles. The number of carbonyl (C=O) groups excluding carboxylic acids is 1. The Bertz CT molecular complexity index is 888. The van der Waals surface area contributed by atoms with Crippen LogP contribution in [-0.4, -0.2) is 31.4 Å². The zero-order valence-corrected chi connectivity index (χ0v) is 17.5. The molecule has 0 bridgehead atoms. The lowest BCUT2D eigenvalue weighted by Crippen LogP contribution is -2.35. The maximum Gasteiger partial charge on any atom is 0.407 e. The normalized spacial score (nSPS) is 18.3. The quantitative estimate of drug-likeness (QED) is 0.781. The summed E-state index contributed by atoms with van der Waals surface area (Å²) in [5.74, 6) is 1.27. The molecule has 29 heavy (non-hydrogen) atoms. The zero-order valence-electron chi connectivity index (χ0n) is 17.5. The van der Waals surface area contributed by atoms with E-state index in [0.717, 1.165) is 37.2 Å². The van der Waals surface area contributed by atoms with E-state index in [1.165, 1.54) is 16.8 Å². The minimum absolute atomic E-state index is 0.331. The minimum atomic E-state index is -0.474. The second-order valence-electron chi connectivity index (χ2n) is 8.82. The highest BCUT2D eigenvalue weighted by atomic mass is 16.6. The van der Waals surface area contributed by atoms with E-state index in [-0.39, 0.29) is 6.09 Å². The number of hydrogen-bond donors (Lipinski definition) is 1. The first-order valence-corrected chi connectivity index (χ1v) is 10.5. The van der Waals surface area contributed by atoms with Gasteiger partial charge >= 0.3 is 6.09 Å². The molecule has 2 aromatic rings. The van der Waals surface area contributed by atoms with E-state index in [1.807, 2.05) is 32.9 Å². The van der Waals surface area contributed by atoms with Gasteiger partial charge < -0.3 is 19.7 Å². The first-order chi connectivity index (χ1) is 13.9. The summed E-state index contributed by atoms with van der Waals surface area (Å²) >= 11 is 0. The van der Waals surface area contributed by atoms with Crippen molar-refractivity contribution in [1.29, 1.82) is 0 Å². The fourth-order valence-corrected chi connectivity index (χ4v) is 4.24. The molecule has 5 heteroatoms. The van der Waals surface area contributed by atoms with Gasteiger partial charge in [0.25, 0.3) is 0 Å². The topological polar surface area (TPSA) is 50.8 Å². The molecule has 0 unspecified atom stereocenters. The number of rotatable bonds is 3. The Labute approximate surface area is 173 Å². The lowest BCUT2D eigenvalue weighted by atomic mass is 9.82. The first kappa shape index (κ1) is 19.6. The number of hydrogen-bond acceptors (Lipinski definition) is 4. The third-order valence-corrected chi connectivity index (χ3v) is 5.50. The number of fused-ring (bicyclic) bond motifs is 2. The molecule has 1 aliphatic carbocycles. The monoisotopic (exact) mass is 394 g/mol. The molecule has 0 spiro atoms. The maximum absolute atomic E-state index is 12.0. The summed E-state index contributed by atoms with van der Waals surface area (Å²) in [7, 11) is 0. The van der Waals surface area contributed by atoms with Crippen molar-refractivity contribution < 1.29 is 14.3 Å². The number of ether oxygens (including phenoxy) is 2. The molecule has 0 fully saturated rings. The van der Waals surface area contributed by atoms with Gasteiger partial charge in [0.1, 0.15) is 18.0 Å². The number of nitrogens with zero attached hydrogens (tertiary/aromatic N) is 1. The van der Waals surface area contributed by atoms with Gasteiger partial charge in [-0.15, -0.1) is 0 Å². The molecule has 0 saturated carbocycles. The van der Waals surface area contributed by atoms with Crippen LogP contribution in [0.5, 0.6) is 5.75 Å². The molecule has 1 amide bonds. The fraction of sp³-hybridized carbons (Fsp3) is 0.458. The first-order valence-electron chi connectivity index (χ1n) is 10.5. The summed E-state index contributed by atoms with van der Waals surface area (Å²) in [6.07, 6.45) is 2.96. The third-order valence-electron chi connectivity index (χ3n) is 5.50. The van der Waals surface area contributed by atoms with Crippen molar-refractivity contribution >= 4 is 17.5 Å². The van der Waals surface area contributed by atoms with Gasteiger partial charge in [0.15, 0.2) is 0 Å². The van der Waals surface area contributed by atoms with Crippen LogP contribution in [0.3, 0.4) is 0 Å². The smallest absolute Gasteiger partial charge is 0.407 e. The third kappa shape index (κ3) is 4.50. The van der Waals surface area contributed by atoms with Gasteiger partial charge in [-0.25, -0.2) is 4.79 Å². The number of carbonyl (C=O) groups is 1. The number of amides is 1. The predicted octanol–water partition coefficient (Wildman–Crippen LogP) is 5.16. The molecule has 1 N–H and O–H groups in total. The molecule has 0 radical (unpaired) electrons. The van der Waals surface area contributed by atoms with Crippen molar-refractivity contribution in [3.8, 4) is 5.75 Å². The largest absolute Gasteiger partial charge is 0.490 e. The van der Waals surface area contributed by atoms with Gasteiger partial charge in [0, 0.05) is 18.2 Å². The molecule has 4 rings (SSSR count). The number of anilines is 2. The molecule has 1 heterocycles. The summed E-state index contributed by atoms with van der Waals surface area (Å²) < 4.78 is 11.2. The van der Waals surface area contributed by atoms with E-state index < -0.39 is 5.60 Å². The van der Waals surface area contributed by atoms with Crippen molar-refractivity contribution in [2.75, 3.05) is 24.6 Å². The molecule has 2 aromatic carbocycles. The van der Waals surface area contributed by atoms with Crippen molar-refractivity contribution in [1.82, 2.24) is 5.32 Å². The number of aryl methyl sites for hydroxylation is 1. The van der Waals surface area contributed by atoms with Gasteiger partial charge in [0.05, 0.1) is 12.2 Å². The lowest BCUT2D eigenvalue weighted by Gasteiger charge is -2.33. The van der Waals surface area contributed by atoms with Crippen LogP contribution >= 0.6 is 0 Å². The Morgan fingerprint density at radius 2 is 2.07 bits per heavy atom. The lowest BCUT2D eigenvalue weighted by molar-refractivity contribution is 0.0523. The van der Waals surface area contributed by atoms with E-state index in [1.54, 1.807) is 0 Å². The van der Waals surface area contributed by atoms with Crippen molar-refractivity contribution in [2.45, 2.75) is 51.6 Å². The molecule has 5 nitrogen and oxygen atoms in total. The van der Waals surface area contributed by atoms with Crippen LogP contribution in [0.15, 0.2) is 42.5 Å². The van der Waals surface area contributed by atoms with E-state index in [2.05, 4.69) is 40.5 Å². The van der Waals surface area contributed by atoms with Gasteiger partial charge in [-0.2, -0.15) is 0 Å². The van der Waals surface area contributed by atoms with Crippen molar-refractivity contribution in [3.63, 3.8) is 0 Å². The van der Waals surface area contributed by atoms with Gasteiger partial charge in [-0.1, -0.05) is 18.2 Å². The number of benzene rings is 2. The molecule has 1 aliphatic heterocycles. The molecule has 1 atom stereocenters. The number of nitrogens with one attached hydrogen (secondary N) is 1.